The summed E-state index contributed by atoms with van der Waals surface area (Å²) in [6, 6.07) is 3.96. The minimum Gasteiger partial charge on any atom is -0.497 e. The fourth-order valence-corrected chi connectivity index (χ4v) is 1.72. The van der Waals surface area contributed by atoms with Crippen LogP contribution in [0.3, 0.4) is 0 Å². The van der Waals surface area contributed by atoms with Gasteiger partial charge < -0.3 is 10.5 Å². The summed E-state index contributed by atoms with van der Waals surface area (Å²) in [5.74, 6) is 0.838. The number of nitrogens with two attached hydrogens (primary N) is 1. The summed E-state index contributed by atoms with van der Waals surface area (Å²) in [7, 11) is 1.65. The van der Waals surface area contributed by atoms with Gasteiger partial charge in [-0.05, 0) is 37.1 Å². The lowest BCUT2D eigenvalue weighted by Crippen LogP contribution is -2.07. The van der Waals surface area contributed by atoms with Crippen molar-refractivity contribution in [3.8, 4) is 5.75 Å². The molecule has 3 heteroatoms. The summed E-state index contributed by atoms with van der Waals surface area (Å²) >= 11 is 3.47. The van der Waals surface area contributed by atoms with Gasteiger partial charge in [-0.2, -0.15) is 0 Å². The van der Waals surface area contributed by atoms with Crippen LogP contribution in [0, 0.1) is 6.92 Å². The lowest BCUT2D eigenvalue weighted by Gasteiger charge is -2.13. The van der Waals surface area contributed by atoms with Crippen LogP contribution < -0.4 is 10.5 Å². The number of hydrogen-bond acceptors (Lipinski definition) is 2. The summed E-state index contributed by atoms with van der Waals surface area (Å²) in [5, 5.41) is 0. The largest absolute Gasteiger partial charge is 0.497 e. The van der Waals surface area contributed by atoms with Gasteiger partial charge in [0.25, 0.3) is 0 Å². The lowest BCUT2D eigenvalue weighted by atomic mass is 10.0. The van der Waals surface area contributed by atoms with Crippen molar-refractivity contribution in [3.05, 3.63) is 27.7 Å². The second kappa shape index (κ2) is 4.11. The molecule has 1 aromatic carbocycles. The van der Waals surface area contributed by atoms with E-state index < -0.39 is 0 Å². The molecule has 1 aromatic rings. The SMILES string of the molecule is COc1cc(Br)c(C)c(C(C)N)c1. The topological polar surface area (TPSA) is 35.2 Å². The molecule has 0 aliphatic heterocycles. The van der Waals surface area contributed by atoms with Crippen LogP contribution in [0.2, 0.25) is 0 Å². The van der Waals surface area contributed by atoms with E-state index in [2.05, 4.69) is 15.9 Å². The maximum absolute atomic E-state index is 5.83. The Balaban J connectivity index is 3.25. The Bertz CT molecular complexity index is 310. The molecule has 0 saturated heterocycles. The van der Waals surface area contributed by atoms with Gasteiger partial charge in [-0.15, -0.1) is 0 Å². The quantitative estimate of drug-likeness (QED) is 0.868. The van der Waals surface area contributed by atoms with E-state index in [4.69, 9.17) is 10.5 Å². The molecule has 0 bridgehead atoms. The Morgan fingerprint density at radius 1 is 1.46 bits per heavy atom. The minimum absolute atomic E-state index is 0.0337. The number of hydrogen-bond donors (Lipinski definition) is 1. The van der Waals surface area contributed by atoms with Crippen molar-refractivity contribution in [1.82, 2.24) is 0 Å². The first-order valence-corrected chi connectivity index (χ1v) is 4.95. The van der Waals surface area contributed by atoms with Gasteiger partial charge in [0.1, 0.15) is 5.75 Å². The van der Waals surface area contributed by atoms with Gasteiger partial charge >= 0.3 is 0 Å². The molecule has 0 heterocycles. The van der Waals surface area contributed by atoms with E-state index in [1.54, 1.807) is 7.11 Å². The van der Waals surface area contributed by atoms with Gasteiger partial charge in [-0.25, -0.2) is 0 Å². The van der Waals surface area contributed by atoms with Gasteiger partial charge in [0, 0.05) is 10.5 Å². The van der Waals surface area contributed by atoms with Crippen molar-refractivity contribution in [2.45, 2.75) is 19.9 Å². The van der Waals surface area contributed by atoms with Crippen LogP contribution in [-0.4, -0.2) is 7.11 Å². The Morgan fingerprint density at radius 2 is 2.08 bits per heavy atom. The molecule has 0 aliphatic carbocycles. The monoisotopic (exact) mass is 243 g/mol. The van der Waals surface area contributed by atoms with Crippen LogP contribution in [0.25, 0.3) is 0 Å². The van der Waals surface area contributed by atoms with Gasteiger partial charge in [0.05, 0.1) is 7.11 Å². The number of rotatable bonds is 2. The second-order valence-electron chi connectivity index (χ2n) is 3.11. The van der Waals surface area contributed by atoms with Gasteiger partial charge in [0.2, 0.25) is 0 Å². The summed E-state index contributed by atoms with van der Waals surface area (Å²) in [5.41, 5.74) is 8.12. The zero-order valence-electron chi connectivity index (χ0n) is 8.10. The Kier molecular flexibility index (Phi) is 3.33. The average Bonchev–Trinajstić information content (AvgIpc) is 2.09. The van der Waals surface area contributed by atoms with Crippen LogP contribution in [0.4, 0.5) is 0 Å². The van der Waals surface area contributed by atoms with Gasteiger partial charge in [-0.1, -0.05) is 15.9 Å². The summed E-state index contributed by atoms with van der Waals surface area (Å²) in [6.45, 7) is 4.01. The smallest absolute Gasteiger partial charge is 0.120 e. The zero-order chi connectivity index (χ0) is 10.0. The lowest BCUT2D eigenvalue weighted by molar-refractivity contribution is 0.413. The highest BCUT2D eigenvalue weighted by atomic mass is 79.9. The molecule has 13 heavy (non-hydrogen) atoms. The van der Waals surface area contributed by atoms with E-state index in [0.717, 1.165) is 15.8 Å². The molecule has 1 atom stereocenters. The van der Waals surface area contributed by atoms with Crippen molar-refractivity contribution < 1.29 is 4.74 Å². The zero-order valence-corrected chi connectivity index (χ0v) is 9.68. The predicted molar refractivity (Wildman–Crippen MR) is 58.0 cm³/mol. The highest BCUT2D eigenvalue weighted by Gasteiger charge is 2.08. The predicted octanol–water partition coefficient (Wildman–Crippen LogP) is 2.79. The van der Waals surface area contributed by atoms with E-state index in [-0.39, 0.29) is 6.04 Å². The molecule has 0 radical (unpaired) electrons. The van der Waals surface area contributed by atoms with Crippen molar-refractivity contribution in [2.24, 2.45) is 5.73 Å². The molecular formula is C10H14BrNO. The summed E-state index contributed by atoms with van der Waals surface area (Å²) in [4.78, 5) is 0. The minimum atomic E-state index is 0.0337. The molecule has 0 amide bonds. The first-order chi connectivity index (χ1) is 6.06. The molecule has 0 spiro atoms. The highest BCUT2D eigenvalue weighted by Crippen LogP contribution is 2.29. The normalized spacial score (nSPS) is 12.7. The molecule has 2 N–H and O–H groups in total. The molecule has 0 aromatic heterocycles. The molecular weight excluding hydrogens is 230 g/mol. The van der Waals surface area contributed by atoms with Crippen molar-refractivity contribution in [3.63, 3.8) is 0 Å². The third-order valence-electron chi connectivity index (χ3n) is 2.08. The Hall–Kier alpha value is -0.540. The number of benzene rings is 1. The first-order valence-electron chi connectivity index (χ1n) is 4.16. The maximum atomic E-state index is 5.83. The fraction of sp³-hybridized carbons (Fsp3) is 0.400. The van der Waals surface area contributed by atoms with Gasteiger partial charge in [-0.3, -0.25) is 0 Å². The number of methoxy groups -OCH3 is 1. The van der Waals surface area contributed by atoms with Crippen LogP contribution >= 0.6 is 15.9 Å². The number of ether oxygens (including phenoxy) is 1. The third kappa shape index (κ3) is 2.23. The summed E-state index contributed by atoms with van der Waals surface area (Å²) < 4.78 is 6.20. The van der Waals surface area contributed by atoms with E-state index >= 15 is 0 Å². The van der Waals surface area contributed by atoms with Crippen molar-refractivity contribution >= 4 is 15.9 Å². The van der Waals surface area contributed by atoms with Crippen LogP contribution in [0.15, 0.2) is 16.6 Å². The van der Waals surface area contributed by atoms with E-state index in [9.17, 15) is 0 Å². The molecule has 0 aliphatic rings. The van der Waals surface area contributed by atoms with E-state index in [0.29, 0.717) is 0 Å². The first kappa shape index (κ1) is 10.5. The maximum Gasteiger partial charge on any atom is 0.120 e. The van der Waals surface area contributed by atoms with Crippen LogP contribution in [0.5, 0.6) is 5.75 Å². The van der Waals surface area contributed by atoms with E-state index in [1.807, 2.05) is 26.0 Å². The van der Waals surface area contributed by atoms with E-state index in [1.165, 1.54) is 5.56 Å². The third-order valence-corrected chi connectivity index (χ3v) is 2.91. The molecule has 1 rings (SSSR count). The molecule has 2 nitrogen and oxygen atoms in total. The average molecular weight is 244 g/mol. The Morgan fingerprint density at radius 3 is 2.54 bits per heavy atom. The Labute approximate surface area is 87.2 Å². The summed E-state index contributed by atoms with van der Waals surface area (Å²) in [6.07, 6.45) is 0. The van der Waals surface area contributed by atoms with Crippen molar-refractivity contribution in [2.75, 3.05) is 7.11 Å². The molecule has 0 fully saturated rings. The van der Waals surface area contributed by atoms with Crippen LogP contribution in [0.1, 0.15) is 24.1 Å². The number of halogens is 1. The second-order valence-corrected chi connectivity index (χ2v) is 3.97. The van der Waals surface area contributed by atoms with Crippen LogP contribution in [-0.2, 0) is 0 Å². The van der Waals surface area contributed by atoms with Gasteiger partial charge in [0.15, 0.2) is 0 Å². The van der Waals surface area contributed by atoms with Crippen molar-refractivity contribution in [1.29, 1.82) is 0 Å². The standard InChI is InChI=1S/C10H14BrNO/c1-6-9(7(2)12)4-8(13-3)5-10(6)11/h4-5,7H,12H2,1-3H3. The molecule has 1 unspecified atom stereocenters. The highest BCUT2D eigenvalue weighted by molar-refractivity contribution is 9.10. The molecule has 72 valence electrons. The fourth-order valence-electron chi connectivity index (χ4n) is 1.27. The molecule has 0 saturated carbocycles.